The summed E-state index contributed by atoms with van der Waals surface area (Å²) in [6.45, 7) is 6.63. The van der Waals surface area contributed by atoms with Gasteiger partial charge in [0.2, 0.25) is 0 Å². The molecule has 1 aromatic carbocycles. The van der Waals surface area contributed by atoms with Gasteiger partial charge in [-0.3, -0.25) is 0 Å². The molecule has 1 unspecified atom stereocenters. The second-order valence-corrected chi connectivity index (χ2v) is 5.38. The van der Waals surface area contributed by atoms with Crippen LogP contribution in [0.3, 0.4) is 0 Å². The average Bonchev–Trinajstić information content (AvgIpc) is 2.44. The third-order valence-electron chi connectivity index (χ3n) is 4.28. The van der Waals surface area contributed by atoms with Crippen molar-refractivity contribution >= 4 is 0 Å². The van der Waals surface area contributed by atoms with Crippen molar-refractivity contribution in [3.8, 4) is 5.75 Å². The zero-order valence-electron chi connectivity index (χ0n) is 12.0. The van der Waals surface area contributed by atoms with E-state index < -0.39 is 0 Å². The minimum atomic E-state index is -0.0634. The number of nitrogens with zero attached hydrogens (tertiary/aromatic N) is 1. The molecule has 0 saturated heterocycles. The van der Waals surface area contributed by atoms with Crippen molar-refractivity contribution in [3.05, 3.63) is 28.8 Å². The maximum Gasteiger partial charge on any atom is 0.121 e. The summed E-state index contributed by atoms with van der Waals surface area (Å²) in [5.74, 6) is 0.237. The molecule has 0 heterocycles. The van der Waals surface area contributed by atoms with Gasteiger partial charge in [0.15, 0.2) is 0 Å². The largest absolute Gasteiger partial charge is 0.508 e. The van der Waals surface area contributed by atoms with Gasteiger partial charge in [-0.05, 0) is 56.0 Å². The summed E-state index contributed by atoms with van der Waals surface area (Å²) in [7, 11) is 0. The fraction of sp³-hybridized carbons (Fsp3) is 0.625. The highest BCUT2D eigenvalue weighted by atomic mass is 16.3. The molecule has 19 heavy (non-hydrogen) atoms. The highest BCUT2D eigenvalue weighted by molar-refractivity contribution is 5.45. The van der Waals surface area contributed by atoms with E-state index >= 15 is 0 Å². The van der Waals surface area contributed by atoms with Gasteiger partial charge < -0.3 is 15.1 Å². The Morgan fingerprint density at radius 1 is 1.32 bits per heavy atom. The lowest BCUT2D eigenvalue weighted by atomic mass is 9.84. The van der Waals surface area contributed by atoms with Crippen LogP contribution in [0.15, 0.2) is 12.1 Å². The lowest BCUT2D eigenvalue weighted by Gasteiger charge is -2.35. The monoisotopic (exact) mass is 263 g/mol. The van der Waals surface area contributed by atoms with Crippen LogP contribution in [0.4, 0.5) is 0 Å². The molecule has 0 radical (unpaired) electrons. The van der Waals surface area contributed by atoms with E-state index in [1.54, 1.807) is 6.07 Å². The van der Waals surface area contributed by atoms with Crippen LogP contribution in [0.2, 0.25) is 0 Å². The molecule has 0 amide bonds. The van der Waals surface area contributed by atoms with Gasteiger partial charge in [0.25, 0.3) is 0 Å². The number of aromatic hydroxyl groups is 1. The van der Waals surface area contributed by atoms with Gasteiger partial charge in [-0.15, -0.1) is 0 Å². The zero-order chi connectivity index (χ0) is 13.8. The van der Waals surface area contributed by atoms with Gasteiger partial charge in [0.05, 0.1) is 6.61 Å². The zero-order valence-corrected chi connectivity index (χ0v) is 12.0. The fourth-order valence-electron chi connectivity index (χ4n) is 3.27. The van der Waals surface area contributed by atoms with Gasteiger partial charge >= 0.3 is 0 Å². The predicted molar refractivity (Wildman–Crippen MR) is 77.4 cm³/mol. The summed E-state index contributed by atoms with van der Waals surface area (Å²) < 4.78 is 0. The number of likely N-dealkylation sites (N-methyl/N-ethyl adjacent to an activating group) is 1. The number of rotatable bonds is 5. The first-order valence-electron chi connectivity index (χ1n) is 7.38. The number of phenols is 1. The van der Waals surface area contributed by atoms with Gasteiger partial charge in [-0.25, -0.2) is 0 Å². The summed E-state index contributed by atoms with van der Waals surface area (Å²) in [5.41, 5.74) is 3.20. The van der Waals surface area contributed by atoms with Crippen molar-refractivity contribution < 1.29 is 10.2 Å². The summed E-state index contributed by atoms with van der Waals surface area (Å²) in [6.07, 6.45) is 4.31. The van der Waals surface area contributed by atoms with E-state index in [9.17, 15) is 10.2 Å². The highest BCUT2D eigenvalue weighted by Crippen LogP contribution is 2.32. The lowest BCUT2D eigenvalue weighted by molar-refractivity contribution is 0.188. The molecule has 0 spiro atoms. The number of fused-ring (bicyclic) bond motifs is 1. The smallest absolute Gasteiger partial charge is 0.121 e. The Balaban J connectivity index is 2.20. The van der Waals surface area contributed by atoms with E-state index in [4.69, 9.17) is 0 Å². The Bertz CT molecular complexity index is 431. The topological polar surface area (TPSA) is 43.7 Å². The quantitative estimate of drug-likeness (QED) is 0.857. The van der Waals surface area contributed by atoms with Crippen LogP contribution in [0.5, 0.6) is 5.75 Å². The van der Waals surface area contributed by atoms with Crippen LogP contribution in [-0.2, 0) is 19.4 Å². The van der Waals surface area contributed by atoms with E-state index in [1.807, 2.05) is 6.07 Å². The molecule has 0 aliphatic heterocycles. The summed E-state index contributed by atoms with van der Waals surface area (Å²) >= 11 is 0. The Morgan fingerprint density at radius 2 is 2.11 bits per heavy atom. The third-order valence-corrected chi connectivity index (χ3v) is 4.28. The van der Waals surface area contributed by atoms with E-state index in [0.717, 1.165) is 37.9 Å². The van der Waals surface area contributed by atoms with E-state index in [2.05, 4.69) is 18.7 Å². The molecule has 1 aromatic rings. The van der Waals surface area contributed by atoms with E-state index in [0.29, 0.717) is 6.04 Å². The molecule has 0 fully saturated rings. The molecule has 2 N–H and O–H groups in total. The molecular weight excluding hydrogens is 238 g/mol. The minimum absolute atomic E-state index is 0.0634. The predicted octanol–water partition coefficient (Wildman–Crippen LogP) is 2.47. The van der Waals surface area contributed by atoms with Gasteiger partial charge in [-0.1, -0.05) is 19.9 Å². The second kappa shape index (κ2) is 6.40. The lowest BCUT2D eigenvalue weighted by Crippen LogP contribution is -2.39. The molecule has 0 saturated carbocycles. The Hall–Kier alpha value is -1.06. The van der Waals surface area contributed by atoms with Crippen molar-refractivity contribution in [1.82, 2.24) is 4.90 Å². The van der Waals surface area contributed by atoms with Crippen molar-refractivity contribution in [2.24, 2.45) is 0 Å². The van der Waals surface area contributed by atoms with Crippen LogP contribution in [0.25, 0.3) is 0 Å². The first-order valence-corrected chi connectivity index (χ1v) is 7.38. The van der Waals surface area contributed by atoms with E-state index in [-0.39, 0.29) is 12.4 Å². The number of aliphatic hydroxyl groups excluding tert-OH is 1. The summed E-state index contributed by atoms with van der Waals surface area (Å²) in [4.78, 5) is 2.55. The SMILES string of the molecule is CCCN(CC)C1CCc2c(ccc(O)c2CO)C1. The van der Waals surface area contributed by atoms with Crippen molar-refractivity contribution in [3.63, 3.8) is 0 Å². The molecule has 3 heteroatoms. The maximum atomic E-state index is 9.80. The Labute approximate surface area is 115 Å². The normalized spacial score (nSPS) is 18.6. The molecular formula is C16H25NO2. The third kappa shape index (κ3) is 2.93. The highest BCUT2D eigenvalue weighted by Gasteiger charge is 2.25. The number of benzene rings is 1. The molecule has 1 aliphatic carbocycles. The van der Waals surface area contributed by atoms with Crippen molar-refractivity contribution in [2.45, 2.75) is 52.2 Å². The van der Waals surface area contributed by atoms with Gasteiger partial charge in [-0.2, -0.15) is 0 Å². The van der Waals surface area contributed by atoms with Crippen molar-refractivity contribution in [2.75, 3.05) is 13.1 Å². The molecule has 1 atom stereocenters. The van der Waals surface area contributed by atoms with Gasteiger partial charge in [0.1, 0.15) is 5.75 Å². The van der Waals surface area contributed by atoms with Crippen LogP contribution >= 0.6 is 0 Å². The van der Waals surface area contributed by atoms with Gasteiger partial charge in [0, 0.05) is 11.6 Å². The standard InChI is InChI=1S/C16H25NO2/c1-3-9-17(4-2)13-6-7-14-12(10-13)5-8-16(19)15(14)11-18/h5,8,13,18-19H,3-4,6-7,9-11H2,1-2H3. The number of aliphatic hydroxyl groups is 1. The van der Waals surface area contributed by atoms with E-state index in [1.165, 1.54) is 17.5 Å². The average molecular weight is 263 g/mol. The number of hydrogen-bond donors (Lipinski definition) is 2. The molecule has 0 aromatic heterocycles. The van der Waals surface area contributed by atoms with Crippen LogP contribution in [0.1, 0.15) is 43.4 Å². The summed E-state index contributed by atoms with van der Waals surface area (Å²) in [5, 5.41) is 19.2. The van der Waals surface area contributed by atoms with Crippen molar-refractivity contribution in [1.29, 1.82) is 0 Å². The summed E-state index contributed by atoms with van der Waals surface area (Å²) in [6, 6.07) is 4.35. The molecule has 0 bridgehead atoms. The maximum absolute atomic E-state index is 9.80. The molecule has 3 nitrogen and oxygen atoms in total. The van der Waals surface area contributed by atoms with Crippen LogP contribution < -0.4 is 0 Å². The first kappa shape index (κ1) is 14.4. The van der Waals surface area contributed by atoms with Crippen LogP contribution in [0, 0.1) is 0 Å². The minimum Gasteiger partial charge on any atom is -0.508 e. The first-order chi connectivity index (χ1) is 9.21. The molecule has 106 valence electrons. The second-order valence-electron chi connectivity index (χ2n) is 5.38. The fourth-order valence-corrected chi connectivity index (χ4v) is 3.27. The molecule has 2 rings (SSSR count). The number of hydrogen-bond acceptors (Lipinski definition) is 3. The Kier molecular flexibility index (Phi) is 4.83. The molecule has 1 aliphatic rings. The Morgan fingerprint density at radius 3 is 2.74 bits per heavy atom. The van der Waals surface area contributed by atoms with Crippen LogP contribution in [-0.4, -0.2) is 34.2 Å².